The number of hydrogen-bond donors (Lipinski definition) is 2. The molecule has 0 aromatic rings. The lowest BCUT2D eigenvalue weighted by molar-refractivity contribution is 0.0887. The van der Waals surface area contributed by atoms with E-state index < -0.39 is 0 Å². The molecule has 2 unspecified atom stereocenters. The maximum absolute atomic E-state index is 5.57. The molecule has 1 aliphatic heterocycles. The maximum Gasteiger partial charge on any atom is 0.0726 e. The lowest BCUT2D eigenvalue weighted by Crippen LogP contribution is -2.48. The van der Waals surface area contributed by atoms with E-state index in [-0.39, 0.29) is 5.54 Å². The van der Waals surface area contributed by atoms with E-state index in [0.717, 1.165) is 26.1 Å². The van der Waals surface area contributed by atoms with Crippen molar-refractivity contribution in [3.63, 3.8) is 0 Å². The molecular weight excluding hydrogens is 176 g/mol. The predicted molar refractivity (Wildman–Crippen MR) is 59.6 cm³/mol. The van der Waals surface area contributed by atoms with Crippen LogP contribution in [0, 0.1) is 0 Å². The highest BCUT2D eigenvalue weighted by Crippen LogP contribution is 2.24. The molecule has 0 spiro atoms. The van der Waals surface area contributed by atoms with Crippen molar-refractivity contribution in [1.82, 2.24) is 10.6 Å². The molecule has 14 heavy (non-hydrogen) atoms. The van der Waals surface area contributed by atoms with Gasteiger partial charge in [0.25, 0.3) is 0 Å². The number of ether oxygens (including phenoxy) is 1. The van der Waals surface area contributed by atoms with Crippen molar-refractivity contribution in [2.75, 3.05) is 26.7 Å². The van der Waals surface area contributed by atoms with Crippen LogP contribution in [0.5, 0.6) is 0 Å². The lowest BCUT2D eigenvalue weighted by Gasteiger charge is -2.29. The van der Waals surface area contributed by atoms with Crippen LogP contribution in [0.4, 0.5) is 0 Å². The number of nitrogens with one attached hydrogen (secondary N) is 2. The van der Waals surface area contributed by atoms with Crippen molar-refractivity contribution in [3.8, 4) is 0 Å². The minimum Gasteiger partial charge on any atom is -0.377 e. The number of hydrogen-bond acceptors (Lipinski definition) is 3. The molecule has 0 radical (unpaired) electrons. The molecule has 1 fully saturated rings. The molecule has 2 N–H and O–H groups in total. The third-order valence-corrected chi connectivity index (χ3v) is 3.27. The first-order chi connectivity index (χ1) is 6.69. The van der Waals surface area contributed by atoms with E-state index in [4.69, 9.17) is 4.74 Å². The Morgan fingerprint density at radius 2 is 2.07 bits per heavy atom. The second-order valence-electron chi connectivity index (χ2n) is 4.42. The molecule has 1 saturated heterocycles. The summed E-state index contributed by atoms with van der Waals surface area (Å²) in [5.41, 5.74) is 0.208. The van der Waals surface area contributed by atoms with Gasteiger partial charge in [-0.15, -0.1) is 0 Å². The van der Waals surface area contributed by atoms with Crippen LogP contribution in [0.25, 0.3) is 0 Å². The van der Waals surface area contributed by atoms with Gasteiger partial charge in [-0.05, 0) is 53.2 Å². The standard InChI is InChI=1S/C11H24N2O/c1-10-11(2,6-9-14-10)13-8-5-4-7-12-3/h10,12-13H,4-9H2,1-3H3. The molecular formula is C11H24N2O. The van der Waals surface area contributed by atoms with Crippen LogP contribution in [0.15, 0.2) is 0 Å². The third kappa shape index (κ3) is 3.23. The first-order valence-corrected chi connectivity index (χ1v) is 5.70. The topological polar surface area (TPSA) is 33.3 Å². The summed E-state index contributed by atoms with van der Waals surface area (Å²) in [6.07, 6.45) is 3.98. The number of unbranched alkanes of at least 4 members (excludes halogenated alkanes) is 1. The van der Waals surface area contributed by atoms with Gasteiger partial charge in [0.1, 0.15) is 0 Å². The molecule has 3 heteroatoms. The van der Waals surface area contributed by atoms with E-state index in [1.165, 1.54) is 12.8 Å². The van der Waals surface area contributed by atoms with E-state index >= 15 is 0 Å². The zero-order valence-electron chi connectivity index (χ0n) is 9.73. The number of rotatable bonds is 6. The molecule has 0 saturated carbocycles. The van der Waals surface area contributed by atoms with Gasteiger partial charge in [0.15, 0.2) is 0 Å². The van der Waals surface area contributed by atoms with Gasteiger partial charge in [0, 0.05) is 12.1 Å². The molecule has 0 aromatic carbocycles. The Bertz CT molecular complexity index is 163. The highest BCUT2D eigenvalue weighted by atomic mass is 16.5. The SMILES string of the molecule is CNCCCCNC1(C)CCOC1C. The van der Waals surface area contributed by atoms with E-state index in [2.05, 4.69) is 24.5 Å². The van der Waals surface area contributed by atoms with E-state index in [1.807, 2.05) is 7.05 Å². The van der Waals surface area contributed by atoms with Gasteiger partial charge < -0.3 is 15.4 Å². The molecule has 0 aliphatic carbocycles. The van der Waals surface area contributed by atoms with Gasteiger partial charge >= 0.3 is 0 Å². The Hall–Kier alpha value is -0.120. The average Bonchev–Trinajstić information content (AvgIpc) is 2.47. The van der Waals surface area contributed by atoms with Crippen LogP contribution in [-0.2, 0) is 4.74 Å². The Morgan fingerprint density at radius 1 is 1.36 bits per heavy atom. The lowest BCUT2D eigenvalue weighted by atomic mass is 9.94. The molecule has 0 aromatic heterocycles. The molecule has 1 heterocycles. The van der Waals surface area contributed by atoms with Gasteiger partial charge in [0.05, 0.1) is 6.10 Å². The Morgan fingerprint density at radius 3 is 2.64 bits per heavy atom. The Labute approximate surface area is 87.6 Å². The van der Waals surface area contributed by atoms with Gasteiger partial charge in [-0.2, -0.15) is 0 Å². The highest BCUT2D eigenvalue weighted by molar-refractivity contribution is 4.93. The summed E-state index contributed by atoms with van der Waals surface area (Å²) >= 11 is 0. The van der Waals surface area contributed by atoms with Crippen molar-refractivity contribution in [2.24, 2.45) is 0 Å². The predicted octanol–water partition coefficient (Wildman–Crippen LogP) is 1.14. The summed E-state index contributed by atoms with van der Waals surface area (Å²) in [6.45, 7) is 7.55. The van der Waals surface area contributed by atoms with Crippen molar-refractivity contribution in [1.29, 1.82) is 0 Å². The largest absolute Gasteiger partial charge is 0.377 e. The van der Waals surface area contributed by atoms with Gasteiger partial charge in [0.2, 0.25) is 0 Å². The first-order valence-electron chi connectivity index (χ1n) is 5.70. The first kappa shape index (κ1) is 12.0. The minimum absolute atomic E-state index is 0.208. The van der Waals surface area contributed by atoms with Crippen molar-refractivity contribution in [2.45, 2.75) is 44.8 Å². The molecule has 2 atom stereocenters. The zero-order valence-corrected chi connectivity index (χ0v) is 9.73. The summed E-state index contributed by atoms with van der Waals surface area (Å²) in [7, 11) is 2.00. The molecule has 84 valence electrons. The fraction of sp³-hybridized carbons (Fsp3) is 1.00. The maximum atomic E-state index is 5.57. The second kappa shape index (κ2) is 5.69. The van der Waals surface area contributed by atoms with E-state index in [0.29, 0.717) is 6.10 Å². The zero-order chi connectivity index (χ0) is 10.4. The van der Waals surface area contributed by atoms with Gasteiger partial charge in [-0.25, -0.2) is 0 Å². The van der Waals surface area contributed by atoms with Gasteiger partial charge in [-0.1, -0.05) is 0 Å². The molecule has 1 aliphatic rings. The monoisotopic (exact) mass is 200 g/mol. The van der Waals surface area contributed by atoms with Crippen molar-refractivity contribution < 1.29 is 4.74 Å². The smallest absolute Gasteiger partial charge is 0.0726 e. The Balaban J connectivity index is 2.10. The molecule has 3 nitrogen and oxygen atoms in total. The van der Waals surface area contributed by atoms with Gasteiger partial charge in [-0.3, -0.25) is 0 Å². The van der Waals surface area contributed by atoms with Crippen LogP contribution < -0.4 is 10.6 Å². The van der Waals surface area contributed by atoms with Crippen LogP contribution in [0.2, 0.25) is 0 Å². The quantitative estimate of drug-likeness (QED) is 0.631. The van der Waals surface area contributed by atoms with Crippen molar-refractivity contribution in [3.05, 3.63) is 0 Å². The fourth-order valence-electron chi connectivity index (χ4n) is 1.87. The summed E-state index contributed by atoms with van der Waals surface area (Å²) in [5, 5.41) is 6.78. The van der Waals surface area contributed by atoms with Crippen LogP contribution >= 0.6 is 0 Å². The second-order valence-corrected chi connectivity index (χ2v) is 4.42. The summed E-state index contributed by atoms with van der Waals surface area (Å²) < 4.78 is 5.57. The normalized spacial score (nSPS) is 32.4. The average molecular weight is 200 g/mol. The van der Waals surface area contributed by atoms with Crippen LogP contribution in [-0.4, -0.2) is 38.4 Å². The summed E-state index contributed by atoms with van der Waals surface area (Å²) in [5.74, 6) is 0. The molecule has 0 bridgehead atoms. The van der Waals surface area contributed by atoms with Crippen molar-refractivity contribution >= 4 is 0 Å². The third-order valence-electron chi connectivity index (χ3n) is 3.27. The molecule has 0 amide bonds. The van der Waals surface area contributed by atoms with E-state index in [1.54, 1.807) is 0 Å². The summed E-state index contributed by atoms with van der Waals surface area (Å²) in [6, 6.07) is 0. The Kier molecular flexibility index (Phi) is 4.85. The van der Waals surface area contributed by atoms with Crippen LogP contribution in [0.3, 0.4) is 0 Å². The fourth-order valence-corrected chi connectivity index (χ4v) is 1.87. The van der Waals surface area contributed by atoms with Crippen LogP contribution in [0.1, 0.15) is 33.1 Å². The molecule has 1 rings (SSSR count). The van der Waals surface area contributed by atoms with E-state index in [9.17, 15) is 0 Å². The minimum atomic E-state index is 0.208. The summed E-state index contributed by atoms with van der Waals surface area (Å²) in [4.78, 5) is 0. The highest BCUT2D eigenvalue weighted by Gasteiger charge is 2.35.